The van der Waals surface area contributed by atoms with E-state index in [4.69, 9.17) is 0 Å². The summed E-state index contributed by atoms with van der Waals surface area (Å²) in [6.45, 7) is 3.94. The smallest absolute Gasteiger partial charge is 0.261 e. The summed E-state index contributed by atoms with van der Waals surface area (Å²) >= 11 is 0. The molecule has 2 heterocycles. The number of nitrogens with zero attached hydrogens (tertiary/aromatic N) is 3. The molecule has 0 bridgehead atoms. The molecule has 2 aromatic carbocycles. The molecule has 1 aliphatic heterocycles. The van der Waals surface area contributed by atoms with Crippen molar-refractivity contribution in [3.63, 3.8) is 0 Å². The van der Waals surface area contributed by atoms with E-state index in [1.165, 1.54) is 24.8 Å². The van der Waals surface area contributed by atoms with Gasteiger partial charge in [-0.3, -0.25) is 4.72 Å². The van der Waals surface area contributed by atoms with Crippen LogP contribution in [-0.4, -0.2) is 31.5 Å². The molecule has 0 unspecified atom stereocenters. The second-order valence-electron chi connectivity index (χ2n) is 8.83. The fourth-order valence-corrected chi connectivity index (χ4v) is 5.64. The van der Waals surface area contributed by atoms with Gasteiger partial charge in [0.25, 0.3) is 10.0 Å². The Morgan fingerprint density at radius 3 is 2.27 bits per heavy atom. The lowest BCUT2D eigenvalue weighted by atomic mass is 9.92. The molecule has 0 atom stereocenters. The monoisotopic (exact) mass is 463 g/mol. The van der Waals surface area contributed by atoms with E-state index in [1.807, 2.05) is 37.3 Å². The van der Waals surface area contributed by atoms with Crippen LogP contribution in [-0.2, 0) is 22.9 Å². The molecule has 1 aromatic heterocycles. The Morgan fingerprint density at radius 2 is 1.52 bits per heavy atom. The minimum atomic E-state index is -3.64. The van der Waals surface area contributed by atoms with Crippen molar-refractivity contribution in [2.75, 3.05) is 28.0 Å². The van der Waals surface area contributed by atoms with Gasteiger partial charge in [0.2, 0.25) is 5.95 Å². The quantitative estimate of drug-likeness (QED) is 0.546. The molecule has 1 aliphatic carbocycles. The van der Waals surface area contributed by atoms with Crippen molar-refractivity contribution in [2.24, 2.45) is 0 Å². The number of rotatable bonds is 6. The van der Waals surface area contributed by atoms with E-state index < -0.39 is 10.0 Å². The average Bonchev–Trinajstić information content (AvgIpc) is 3.35. The van der Waals surface area contributed by atoms with Gasteiger partial charge >= 0.3 is 0 Å². The van der Waals surface area contributed by atoms with Crippen LogP contribution in [0.5, 0.6) is 0 Å². The van der Waals surface area contributed by atoms with Crippen molar-refractivity contribution >= 4 is 33.2 Å². The third-order valence-corrected chi connectivity index (χ3v) is 7.65. The Labute approximate surface area is 195 Å². The van der Waals surface area contributed by atoms with Gasteiger partial charge in [0.1, 0.15) is 5.82 Å². The highest BCUT2D eigenvalue weighted by molar-refractivity contribution is 7.92. The molecule has 2 N–H and O–H groups in total. The number of hydrogen-bond acceptors (Lipinski definition) is 6. The summed E-state index contributed by atoms with van der Waals surface area (Å²) in [6.07, 6.45) is 6.60. The molecule has 0 saturated carbocycles. The molecule has 0 radical (unpaired) electrons. The highest BCUT2D eigenvalue weighted by Crippen LogP contribution is 2.26. The van der Waals surface area contributed by atoms with Crippen molar-refractivity contribution < 1.29 is 8.42 Å². The minimum Gasteiger partial charge on any atom is -0.341 e. The summed E-state index contributed by atoms with van der Waals surface area (Å²) < 4.78 is 28.5. The van der Waals surface area contributed by atoms with Gasteiger partial charge < -0.3 is 10.2 Å². The number of benzene rings is 2. The molecule has 5 rings (SSSR count). The third kappa shape index (κ3) is 4.95. The number of anilines is 4. The predicted octanol–water partition coefficient (Wildman–Crippen LogP) is 4.81. The lowest BCUT2D eigenvalue weighted by Crippen LogP contribution is -2.21. The molecule has 3 aromatic rings. The molecule has 1 saturated heterocycles. The Morgan fingerprint density at radius 1 is 0.818 bits per heavy atom. The van der Waals surface area contributed by atoms with Crippen LogP contribution in [0.1, 0.15) is 42.5 Å². The van der Waals surface area contributed by atoms with Gasteiger partial charge in [-0.15, -0.1) is 0 Å². The maximum absolute atomic E-state index is 12.9. The summed E-state index contributed by atoms with van der Waals surface area (Å²) in [6, 6.07) is 14.6. The second kappa shape index (κ2) is 9.02. The summed E-state index contributed by atoms with van der Waals surface area (Å²) in [5.74, 6) is 1.48. The topological polar surface area (TPSA) is 87.2 Å². The van der Waals surface area contributed by atoms with Crippen LogP contribution in [0, 0.1) is 6.92 Å². The summed E-state index contributed by atoms with van der Waals surface area (Å²) in [4.78, 5) is 11.7. The standard InChI is InChI=1S/C25H29N5O2S/c1-18-16-24(28-25(26-18)30-14-4-5-15-30)27-21-9-11-22(12-10-21)29-33(31,32)23-13-8-19-6-2-3-7-20(19)17-23/h8-13,16-17,29H,2-7,14-15H2,1H3,(H,26,27,28). The number of aromatic nitrogens is 2. The van der Waals surface area contributed by atoms with E-state index >= 15 is 0 Å². The van der Waals surface area contributed by atoms with Crippen LogP contribution in [0.15, 0.2) is 53.4 Å². The highest BCUT2D eigenvalue weighted by atomic mass is 32.2. The molecule has 7 nitrogen and oxygen atoms in total. The molecular formula is C25H29N5O2S. The Balaban J connectivity index is 1.29. The largest absolute Gasteiger partial charge is 0.341 e. The van der Waals surface area contributed by atoms with Crippen LogP contribution in [0.25, 0.3) is 0 Å². The number of aryl methyl sites for hydroxylation is 3. The Kier molecular flexibility index (Phi) is 5.93. The molecule has 1 fully saturated rings. The first kappa shape index (κ1) is 21.7. The average molecular weight is 464 g/mol. The second-order valence-corrected chi connectivity index (χ2v) is 10.5. The molecule has 33 heavy (non-hydrogen) atoms. The van der Waals surface area contributed by atoms with Gasteiger partial charge in [0.05, 0.1) is 4.90 Å². The molecule has 0 spiro atoms. The Bertz CT molecular complexity index is 1250. The van der Waals surface area contributed by atoms with E-state index in [2.05, 4.69) is 24.9 Å². The predicted molar refractivity (Wildman–Crippen MR) is 132 cm³/mol. The van der Waals surface area contributed by atoms with E-state index in [1.54, 1.807) is 18.2 Å². The first-order valence-corrected chi connectivity index (χ1v) is 13.1. The van der Waals surface area contributed by atoms with Gasteiger partial charge in [-0.25, -0.2) is 13.4 Å². The number of sulfonamides is 1. The zero-order valence-electron chi connectivity index (χ0n) is 18.8. The fourth-order valence-electron chi connectivity index (χ4n) is 4.54. The lowest BCUT2D eigenvalue weighted by molar-refractivity contribution is 0.600. The zero-order chi connectivity index (χ0) is 22.8. The van der Waals surface area contributed by atoms with Gasteiger partial charge in [-0.2, -0.15) is 4.98 Å². The zero-order valence-corrected chi connectivity index (χ0v) is 19.7. The van der Waals surface area contributed by atoms with Crippen LogP contribution in [0.4, 0.5) is 23.1 Å². The maximum Gasteiger partial charge on any atom is 0.261 e. The van der Waals surface area contributed by atoms with Gasteiger partial charge in [0.15, 0.2) is 0 Å². The van der Waals surface area contributed by atoms with E-state index in [0.717, 1.165) is 61.1 Å². The summed E-state index contributed by atoms with van der Waals surface area (Å²) in [5, 5.41) is 3.31. The maximum atomic E-state index is 12.9. The Hall–Kier alpha value is -3.13. The van der Waals surface area contributed by atoms with E-state index in [-0.39, 0.29) is 0 Å². The SMILES string of the molecule is Cc1cc(Nc2ccc(NS(=O)(=O)c3ccc4c(c3)CCCC4)cc2)nc(N2CCCC2)n1. The first-order valence-electron chi connectivity index (χ1n) is 11.6. The van der Waals surface area contributed by atoms with Crippen molar-refractivity contribution in [3.8, 4) is 0 Å². The number of hydrogen-bond donors (Lipinski definition) is 2. The van der Waals surface area contributed by atoms with Crippen LogP contribution in [0.2, 0.25) is 0 Å². The van der Waals surface area contributed by atoms with Crippen LogP contribution in [0.3, 0.4) is 0 Å². The van der Waals surface area contributed by atoms with Crippen molar-refractivity contribution in [1.29, 1.82) is 0 Å². The van der Waals surface area contributed by atoms with Gasteiger partial charge in [-0.05, 0) is 93.0 Å². The normalized spacial score (nSPS) is 15.8. The molecule has 0 amide bonds. The first-order chi connectivity index (χ1) is 16.0. The van der Waals surface area contributed by atoms with Gasteiger partial charge in [0, 0.05) is 36.2 Å². The third-order valence-electron chi connectivity index (χ3n) is 6.27. The molecular weight excluding hydrogens is 434 g/mol. The van der Waals surface area contributed by atoms with Crippen LogP contribution < -0.4 is 14.9 Å². The summed E-state index contributed by atoms with van der Waals surface area (Å²) in [5.41, 5.74) is 4.68. The van der Waals surface area contributed by atoms with E-state index in [9.17, 15) is 8.42 Å². The highest BCUT2D eigenvalue weighted by Gasteiger charge is 2.18. The van der Waals surface area contributed by atoms with Gasteiger partial charge in [-0.1, -0.05) is 6.07 Å². The fraction of sp³-hybridized carbons (Fsp3) is 0.360. The van der Waals surface area contributed by atoms with Crippen molar-refractivity contribution in [3.05, 3.63) is 65.4 Å². The molecule has 172 valence electrons. The molecule has 2 aliphatic rings. The van der Waals surface area contributed by atoms with E-state index in [0.29, 0.717) is 10.6 Å². The van der Waals surface area contributed by atoms with Crippen LogP contribution >= 0.6 is 0 Å². The number of nitrogens with one attached hydrogen (secondary N) is 2. The summed E-state index contributed by atoms with van der Waals surface area (Å²) in [7, 11) is -3.64. The lowest BCUT2D eigenvalue weighted by Gasteiger charge is -2.17. The number of fused-ring (bicyclic) bond motifs is 1. The minimum absolute atomic E-state index is 0.316. The molecule has 8 heteroatoms. The van der Waals surface area contributed by atoms with Crippen molar-refractivity contribution in [1.82, 2.24) is 9.97 Å². The van der Waals surface area contributed by atoms with Crippen molar-refractivity contribution in [2.45, 2.75) is 50.3 Å².